The van der Waals surface area contributed by atoms with Crippen LogP contribution in [0.1, 0.15) is 47.1 Å². The second-order valence-electron chi connectivity index (χ2n) is 8.03. The monoisotopic (exact) mass is 389 g/mol. The molecule has 0 unspecified atom stereocenters. The molecular weight excluding hydrogens is 366 g/mol. The third kappa shape index (κ3) is 3.48. The number of benzene rings is 1. The van der Waals surface area contributed by atoms with E-state index in [-0.39, 0.29) is 23.9 Å². The van der Waals surface area contributed by atoms with Crippen LogP contribution >= 0.6 is 0 Å². The normalized spacial score (nSPS) is 18.5. The molecule has 3 aromatic rings. The van der Waals surface area contributed by atoms with E-state index in [2.05, 4.69) is 22.2 Å². The predicted molar refractivity (Wildman–Crippen MR) is 107 cm³/mol. The average Bonchev–Trinajstić information content (AvgIpc) is 3.49. The van der Waals surface area contributed by atoms with Crippen molar-refractivity contribution in [2.24, 2.45) is 7.05 Å². The number of amides is 1. The summed E-state index contributed by atoms with van der Waals surface area (Å²) in [7, 11) is 1.89. The zero-order chi connectivity index (χ0) is 20.0. The third-order valence-corrected chi connectivity index (χ3v) is 5.88. The summed E-state index contributed by atoms with van der Waals surface area (Å²) in [4.78, 5) is 31.7. The Morgan fingerprint density at radius 3 is 2.79 bits per heavy atom. The van der Waals surface area contributed by atoms with Gasteiger partial charge in [0, 0.05) is 44.2 Å². The maximum atomic E-state index is 13.1. The number of carbonyl (C=O) groups is 1. The van der Waals surface area contributed by atoms with Gasteiger partial charge in [-0.25, -0.2) is 4.98 Å². The molecule has 1 aromatic carbocycles. The molecule has 2 aliphatic rings. The molecule has 0 spiro atoms. The van der Waals surface area contributed by atoms with Gasteiger partial charge in [-0.3, -0.25) is 18.8 Å². The first kappa shape index (κ1) is 17.8. The van der Waals surface area contributed by atoms with E-state index in [1.54, 1.807) is 10.7 Å². The van der Waals surface area contributed by atoms with Gasteiger partial charge in [0.05, 0.1) is 18.2 Å². The molecule has 3 heterocycles. The van der Waals surface area contributed by atoms with E-state index in [4.69, 9.17) is 0 Å². The fourth-order valence-electron chi connectivity index (χ4n) is 4.11. The number of hydrogen-bond acceptors (Lipinski definition) is 4. The van der Waals surface area contributed by atoms with Crippen molar-refractivity contribution in [3.8, 4) is 0 Å². The quantitative estimate of drug-likeness (QED) is 0.684. The maximum Gasteiger partial charge on any atom is 0.254 e. The van der Waals surface area contributed by atoms with Crippen LogP contribution in [0.5, 0.6) is 0 Å². The summed E-state index contributed by atoms with van der Waals surface area (Å²) in [6, 6.07) is 9.80. The minimum Gasteiger partial charge on any atom is -0.336 e. The first-order valence-corrected chi connectivity index (χ1v) is 9.99. The lowest BCUT2D eigenvalue weighted by Crippen LogP contribution is -2.41. The summed E-state index contributed by atoms with van der Waals surface area (Å²) in [5.41, 5.74) is 4.15. The van der Waals surface area contributed by atoms with Crippen molar-refractivity contribution >= 4 is 5.91 Å². The number of fused-ring (bicyclic) bond motifs is 1. The topological polar surface area (TPSA) is 73.0 Å². The SMILES string of the molecule is Cn1cc([C@@H]2CN(C(=O)Cn3cnc(C4CC4)cc3=O)Cc3ccccc32)cn1. The molecule has 0 bridgehead atoms. The van der Waals surface area contributed by atoms with E-state index >= 15 is 0 Å². The Morgan fingerprint density at radius 1 is 1.24 bits per heavy atom. The van der Waals surface area contributed by atoms with Crippen molar-refractivity contribution in [1.29, 1.82) is 0 Å². The highest BCUT2D eigenvalue weighted by atomic mass is 16.2. The van der Waals surface area contributed by atoms with Gasteiger partial charge in [0.15, 0.2) is 0 Å². The summed E-state index contributed by atoms with van der Waals surface area (Å²) in [6.45, 7) is 1.14. The van der Waals surface area contributed by atoms with Crippen molar-refractivity contribution in [2.45, 2.75) is 37.8 Å². The minimum absolute atomic E-state index is 0.0126. The summed E-state index contributed by atoms with van der Waals surface area (Å²) in [5, 5.41) is 4.30. The highest BCUT2D eigenvalue weighted by Crippen LogP contribution is 2.38. The van der Waals surface area contributed by atoms with Crippen molar-refractivity contribution in [3.05, 3.63) is 81.8 Å². The van der Waals surface area contributed by atoms with Crippen LogP contribution in [-0.4, -0.2) is 36.7 Å². The van der Waals surface area contributed by atoms with E-state index in [1.165, 1.54) is 16.5 Å². The van der Waals surface area contributed by atoms with Crippen molar-refractivity contribution in [1.82, 2.24) is 24.2 Å². The molecule has 0 saturated heterocycles. The van der Waals surface area contributed by atoms with Gasteiger partial charge < -0.3 is 4.90 Å². The predicted octanol–water partition coefficient (Wildman–Crippen LogP) is 2.03. The van der Waals surface area contributed by atoms with Gasteiger partial charge in [-0.1, -0.05) is 24.3 Å². The van der Waals surface area contributed by atoms with E-state index in [0.29, 0.717) is 19.0 Å². The Morgan fingerprint density at radius 2 is 2.07 bits per heavy atom. The first-order chi connectivity index (χ1) is 14.1. The van der Waals surface area contributed by atoms with Crippen molar-refractivity contribution < 1.29 is 4.79 Å². The van der Waals surface area contributed by atoms with E-state index in [0.717, 1.165) is 29.7 Å². The number of nitrogens with zero attached hydrogens (tertiary/aromatic N) is 5. The van der Waals surface area contributed by atoms with Crippen molar-refractivity contribution in [2.75, 3.05) is 6.54 Å². The number of carbonyl (C=O) groups excluding carboxylic acids is 1. The van der Waals surface area contributed by atoms with Crippen LogP contribution in [0.2, 0.25) is 0 Å². The van der Waals surface area contributed by atoms with Crippen LogP contribution in [-0.2, 0) is 24.9 Å². The fourth-order valence-corrected chi connectivity index (χ4v) is 4.11. The van der Waals surface area contributed by atoms with Crippen LogP contribution < -0.4 is 5.56 Å². The smallest absolute Gasteiger partial charge is 0.254 e. The molecule has 1 aliphatic heterocycles. The van der Waals surface area contributed by atoms with Gasteiger partial charge in [0.1, 0.15) is 6.54 Å². The Kier molecular flexibility index (Phi) is 4.30. The molecule has 1 saturated carbocycles. The first-order valence-electron chi connectivity index (χ1n) is 9.99. The van der Waals surface area contributed by atoms with Gasteiger partial charge in [-0.15, -0.1) is 0 Å². The zero-order valence-electron chi connectivity index (χ0n) is 16.4. The Balaban J connectivity index is 1.39. The maximum absolute atomic E-state index is 13.1. The van der Waals surface area contributed by atoms with Gasteiger partial charge in [-0.05, 0) is 29.5 Å². The van der Waals surface area contributed by atoms with Crippen LogP contribution in [0.3, 0.4) is 0 Å². The molecule has 5 rings (SSSR count). The Bertz CT molecular complexity index is 1130. The van der Waals surface area contributed by atoms with Gasteiger partial charge in [0.2, 0.25) is 5.91 Å². The second-order valence-corrected chi connectivity index (χ2v) is 8.03. The van der Waals surface area contributed by atoms with E-state index in [9.17, 15) is 9.59 Å². The average molecular weight is 389 g/mol. The molecule has 29 heavy (non-hydrogen) atoms. The molecule has 148 valence electrons. The third-order valence-electron chi connectivity index (χ3n) is 5.88. The molecule has 2 aromatic heterocycles. The molecule has 7 heteroatoms. The molecule has 1 atom stereocenters. The molecule has 0 N–H and O–H groups in total. The molecule has 0 radical (unpaired) electrons. The fraction of sp³-hybridized carbons (Fsp3) is 0.364. The largest absolute Gasteiger partial charge is 0.336 e. The van der Waals surface area contributed by atoms with Gasteiger partial charge >= 0.3 is 0 Å². The lowest BCUT2D eigenvalue weighted by molar-refractivity contribution is -0.133. The molecule has 1 aliphatic carbocycles. The summed E-state index contributed by atoms with van der Waals surface area (Å²) in [6.07, 6.45) is 7.57. The lowest BCUT2D eigenvalue weighted by Gasteiger charge is -2.34. The molecule has 7 nitrogen and oxygen atoms in total. The zero-order valence-corrected chi connectivity index (χ0v) is 16.4. The summed E-state index contributed by atoms with van der Waals surface area (Å²) < 4.78 is 3.19. The van der Waals surface area contributed by atoms with Crippen LogP contribution in [0.4, 0.5) is 0 Å². The van der Waals surface area contributed by atoms with Gasteiger partial charge in [0.25, 0.3) is 5.56 Å². The number of hydrogen-bond donors (Lipinski definition) is 0. The van der Waals surface area contributed by atoms with Gasteiger partial charge in [-0.2, -0.15) is 5.10 Å². The van der Waals surface area contributed by atoms with Crippen LogP contribution in [0.25, 0.3) is 0 Å². The Hall–Kier alpha value is -3.22. The molecule has 1 fully saturated rings. The van der Waals surface area contributed by atoms with Crippen LogP contribution in [0, 0.1) is 0 Å². The number of aromatic nitrogens is 4. The standard InChI is InChI=1S/C22H23N5O2/c1-25-10-17(9-24-25)19-12-26(11-16-4-2-3-5-18(16)19)22(29)13-27-14-23-20(8-21(27)28)15-6-7-15/h2-5,8-10,14-15,19H,6-7,11-13H2,1H3/t19-/m0/s1. The van der Waals surface area contributed by atoms with E-state index in [1.807, 2.05) is 36.5 Å². The Labute approximate surface area is 168 Å². The minimum atomic E-state index is -0.156. The van der Waals surface area contributed by atoms with Crippen molar-refractivity contribution in [3.63, 3.8) is 0 Å². The molecule has 1 amide bonds. The summed E-state index contributed by atoms with van der Waals surface area (Å²) in [5.74, 6) is 0.424. The summed E-state index contributed by atoms with van der Waals surface area (Å²) >= 11 is 0. The van der Waals surface area contributed by atoms with Crippen LogP contribution in [0.15, 0.2) is 53.8 Å². The highest BCUT2D eigenvalue weighted by molar-refractivity contribution is 5.76. The van der Waals surface area contributed by atoms with E-state index < -0.39 is 0 Å². The molecular formula is C22H23N5O2. The number of aryl methyl sites for hydroxylation is 1. The second kappa shape index (κ2) is 6.99. The lowest BCUT2D eigenvalue weighted by atomic mass is 9.86. The highest BCUT2D eigenvalue weighted by Gasteiger charge is 2.30. The number of rotatable bonds is 4.